The van der Waals surface area contributed by atoms with Gasteiger partial charge in [0.2, 0.25) is 0 Å². The highest BCUT2D eigenvalue weighted by Crippen LogP contribution is 2.43. The highest BCUT2D eigenvalue weighted by Gasteiger charge is 2.19. The van der Waals surface area contributed by atoms with Crippen LogP contribution in [-0.2, 0) is 0 Å². The number of para-hydroxylation sites is 1. The van der Waals surface area contributed by atoms with Gasteiger partial charge >= 0.3 is 5.63 Å². The molecule has 0 unspecified atom stereocenters. The summed E-state index contributed by atoms with van der Waals surface area (Å²) in [5, 5.41) is 29.9. The Labute approximate surface area is 150 Å². The van der Waals surface area contributed by atoms with Crippen molar-refractivity contribution >= 4 is 39.2 Å². The van der Waals surface area contributed by atoms with Gasteiger partial charge in [-0.1, -0.05) is 12.1 Å². The van der Waals surface area contributed by atoms with Crippen molar-refractivity contribution < 1.29 is 18.9 Å². The molecule has 0 fully saturated rings. The molecule has 0 radical (unpaired) electrons. The Morgan fingerprint density at radius 3 is 2.67 bits per heavy atom. The van der Waals surface area contributed by atoms with Crippen molar-refractivity contribution in [1.82, 2.24) is 0 Å². The molecule has 0 saturated heterocycles. The molecule has 0 bridgehead atoms. The van der Waals surface area contributed by atoms with Gasteiger partial charge in [0, 0.05) is 17.5 Å². The number of aromatic hydroxyl groups is 1. The maximum Gasteiger partial charge on any atom is 0.336 e. The van der Waals surface area contributed by atoms with Crippen LogP contribution in [0, 0.1) is 17.0 Å². The summed E-state index contributed by atoms with van der Waals surface area (Å²) in [6.07, 6.45) is 0. The second kappa shape index (κ2) is 6.06. The summed E-state index contributed by atoms with van der Waals surface area (Å²) in [5.41, 5.74) is 0.317. The van der Waals surface area contributed by atoms with E-state index in [1.165, 1.54) is 24.3 Å². The Morgan fingerprint density at radius 2 is 1.89 bits per heavy atom. The number of fused-ring (bicyclic) bond motifs is 3. The van der Waals surface area contributed by atoms with Crippen LogP contribution in [0.3, 0.4) is 0 Å². The largest absolute Gasteiger partial charge is 0.502 e. The first kappa shape index (κ1) is 16.5. The third kappa shape index (κ3) is 2.71. The van der Waals surface area contributed by atoms with E-state index < -0.39 is 10.5 Å². The topological polar surface area (TPSA) is 131 Å². The number of azo groups is 1. The normalized spacial score (nSPS) is 11.6. The second-order valence-electron chi connectivity index (χ2n) is 5.77. The monoisotopic (exact) mass is 365 g/mol. The fourth-order valence-electron chi connectivity index (χ4n) is 2.80. The Morgan fingerprint density at radius 1 is 1.11 bits per heavy atom. The highest BCUT2D eigenvalue weighted by molar-refractivity contribution is 6.08. The van der Waals surface area contributed by atoms with Crippen molar-refractivity contribution in [2.24, 2.45) is 10.2 Å². The Hall–Kier alpha value is -4.01. The summed E-state index contributed by atoms with van der Waals surface area (Å²) in [6, 6.07) is 10.4. The van der Waals surface area contributed by atoms with Crippen LogP contribution in [-0.4, -0.2) is 10.0 Å². The SMILES string of the molecule is Cc1cc(=O)oc2c1ccc1oc(N=Nc3ccccc3[N+](=O)[O-])c(O)c12. The van der Waals surface area contributed by atoms with Gasteiger partial charge in [-0.3, -0.25) is 10.1 Å². The van der Waals surface area contributed by atoms with Crippen LogP contribution in [0.25, 0.3) is 21.9 Å². The van der Waals surface area contributed by atoms with E-state index in [1.807, 2.05) is 0 Å². The zero-order chi connectivity index (χ0) is 19.1. The van der Waals surface area contributed by atoms with Gasteiger partial charge in [0.15, 0.2) is 17.0 Å². The molecular formula is C18H11N3O6. The fourth-order valence-corrected chi connectivity index (χ4v) is 2.80. The predicted molar refractivity (Wildman–Crippen MR) is 95.9 cm³/mol. The number of aryl methyl sites for hydroxylation is 1. The van der Waals surface area contributed by atoms with E-state index in [9.17, 15) is 20.0 Å². The third-order valence-corrected chi connectivity index (χ3v) is 4.05. The van der Waals surface area contributed by atoms with Crippen LogP contribution >= 0.6 is 0 Å². The van der Waals surface area contributed by atoms with Gasteiger partial charge in [0.1, 0.15) is 11.0 Å². The second-order valence-corrected chi connectivity index (χ2v) is 5.77. The van der Waals surface area contributed by atoms with E-state index in [-0.39, 0.29) is 39.6 Å². The molecule has 0 aliphatic carbocycles. The summed E-state index contributed by atoms with van der Waals surface area (Å²) in [5.74, 6) is -0.619. The summed E-state index contributed by atoms with van der Waals surface area (Å²) in [7, 11) is 0. The average molecular weight is 365 g/mol. The molecule has 0 spiro atoms. The quantitative estimate of drug-likeness (QED) is 0.238. The lowest BCUT2D eigenvalue weighted by atomic mass is 10.1. The third-order valence-electron chi connectivity index (χ3n) is 4.05. The minimum atomic E-state index is -0.586. The predicted octanol–water partition coefficient (Wildman–Crippen LogP) is 4.88. The molecule has 9 heteroatoms. The van der Waals surface area contributed by atoms with Gasteiger partial charge in [-0.05, 0) is 30.7 Å². The van der Waals surface area contributed by atoms with Crippen LogP contribution in [0.15, 0.2) is 66.3 Å². The lowest BCUT2D eigenvalue weighted by Crippen LogP contribution is -1.97. The van der Waals surface area contributed by atoms with E-state index in [0.29, 0.717) is 10.9 Å². The minimum Gasteiger partial charge on any atom is -0.502 e. The molecule has 4 rings (SSSR count). The van der Waals surface area contributed by atoms with Crippen LogP contribution in [0.1, 0.15) is 5.56 Å². The zero-order valence-corrected chi connectivity index (χ0v) is 13.9. The highest BCUT2D eigenvalue weighted by atomic mass is 16.6. The molecule has 2 heterocycles. The molecule has 4 aromatic rings. The molecule has 0 aliphatic rings. The van der Waals surface area contributed by atoms with Crippen molar-refractivity contribution in [2.45, 2.75) is 6.92 Å². The van der Waals surface area contributed by atoms with Gasteiger partial charge in [0.25, 0.3) is 11.6 Å². The van der Waals surface area contributed by atoms with Crippen molar-refractivity contribution in [3.8, 4) is 5.75 Å². The number of furan rings is 1. The minimum absolute atomic E-state index is 0.00888. The van der Waals surface area contributed by atoms with E-state index in [1.54, 1.807) is 25.1 Å². The van der Waals surface area contributed by atoms with E-state index >= 15 is 0 Å². The molecule has 0 atom stereocenters. The number of nitrogens with zero attached hydrogens (tertiary/aromatic N) is 3. The Balaban J connectivity index is 1.89. The molecule has 2 aromatic heterocycles. The molecular weight excluding hydrogens is 354 g/mol. The Kier molecular flexibility index (Phi) is 3.69. The molecule has 0 aliphatic heterocycles. The molecule has 2 aromatic carbocycles. The van der Waals surface area contributed by atoms with Crippen molar-refractivity contribution in [2.75, 3.05) is 0 Å². The number of nitro groups is 1. The number of rotatable bonds is 3. The number of hydrogen-bond acceptors (Lipinski definition) is 8. The molecule has 9 nitrogen and oxygen atoms in total. The van der Waals surface area contributed by atoms with Crippen LogP contribution in [0.5, 0.6) is 5.75 Å². The van der Waals surface area contributed by atoms with Gasteiger partial charge in [-0.15, -0.1) is 10.2 Å². The lowest BCUT2D eigenvalue weighted by Gasteiger charge is -2.00. The van der Waals surface area contributed by atoms with Crippen molar-refractivity contribution in [1.29, 1.82) is 0 Å². The van der Waals surface area contributed by atoms with Crippen LogP contribution in [0.2, 0.25) is 0 Å². The molecule has 1 N–H and O–H groups in total. The lowest BCUT2D eigenvalue weighted by molar-refractivity contribution is -0.384. The van der Waals surface area contributed by atoms with Gasteiger partial charge in [-0.2, -0.15) is 0 Å². The standard InChI is InChI=1S/C18H11N3O6/c1-9-8-14(22)27-17-10(9)6-7-13-15(17)16(23)18(26-13)20-19-11-4-2-3-5-12(11)21(24)25/h2-8,23H,1H3. The van der Waals surface area contributed by atoms with E-state index in [2.05, 4.69) is 10.2 Å². The summed E-state index contributed by atoms with van der Waals surface area (Å²) < 4.78 is 10.7. The summed E-state index contributed by atoms with van der Waals surface area (Å²) in [4.78, 5) is 22.1. The van der Waals surface area contributed by atoms with Gasteiger partial charge in [-0.25, -0.2) is 4.79 Å². The van der Waals surface area contributed by atoms with Crippen LogP contribution in [0.4, 0.5) is 17.3 Å². The maximum atomic E-state index is 11.7. The zero-order valence-electron chi connectivity index (χ0n) is 13.9. The van der Waals surface area contributed by atoms with Gasteiger partial charge in [0.05, 0.1) is 4.92 Å². The molecule has 0 amide bonds. The smallest absolute Gasteiger partial charge is 0.336 e. The average Bonchev–Trinajstić information content (AvgIpc) is 2.96. The fraction of sp³-hybridized carbons (Fsp3) is 0.0556. The maximum absolute atomic E-state index is 11.7. The number of hydrogen-bond donors (Lipinski definition) is 1. The molecule has 27 heavy (non-hydrogen) atoms. The van der Waals surface area contributed by atoms with Crippen molar-refractivity contribution in [3.63, 3.8) is 0 Å². The van der Waals surface area contributed by atoms with E-state index in [4.69, 9.17) is 8.83 Å². The first-order chi connectivity index (χ1) is 13.0. The molecule has 0 saturated carbocycles. The van der Waals surface area contributed by atoms with E-state index in [0.717, 1.165) is 0 Å². The number of benzene rings is 2. The summed E-state index contributed by atoms with van der Waals surface area (Å²) >= 11 is 0. The van der Waals surface area contributed by atoms with Crippen LogP contribution < -0.4 is 5.63 Å². The van der Waals surface area contributed by atoms with Crippen molar-refractivity contribution in [3.05, 3.63) is 68.6 Å². The Bertz CT molecular complexity index is 1300. The summed E-state index contributed by atoms with van der Waals surface area (Å²) in [6.45, 7) is 1.75. The first-order valence-corrected chi connectivity index (χ1v) is 7.80. The van der Waals surface area contributed by atoms with Gasteiger partial charge < -0.3 is 13.9 Å². The first-order valence-electron chi connectivity index (χ1n) is 7.80. The number of nitro benzene ring substituents is 1. The molecule has 134 valence electrons.